The Bertz CT molecular complexity index is 528. The van der Waals surface area contributed by atoms with Crippen LogP contribution in [0, 0.1) is 5.92 Å². The number of hydrogen-bond donors (Lipinski definition) is 1. The standard InChI is InChI=1S/C16H22N2S/c1-2-14(12-6-4-3-5-7-12)18-16-13-9-11-19-15(13)8-10-17-16/h8-12,14H,2-7H2,1H3,(H,17,18). The minimum atomic E-state index is 0.582. The molecule has 0 saturated heterocycles. The third-order valence-corrected chi connectivity index (χ3v) is 5.24. The van der Waals surface area contributed by atoms with Gasteiger partial charge in [-0.2, -0.15) is 0 Å². The monoisotopic (exact) mass is 274 g/mol. The Balaban J connectivity index is 1.79. The molecule has 0 radical (unpaired) electrons. The van der Waals surface area contributed by atoms with Crippen LogP contribution in [-0.2, 0) is 0 Å². The van der Waals surface area contributed by atoms with Gasteiger partial charge in [0.2, 0.25) is 0 Å². The fourth-order valence-corrected chi connectivity index (χ4v) is 4.06. The molecule has 0 aromatic carbocycles. The first-order valence-corrected chi connectivity index (χ1v) is 8.35. The van der Waals surface area contributed by atoms with Crippen LogP contribution in [0.2, 0.25) is 0 Å². The first-order valence-electron chi connectivity index (χ1n) is 7.47. The van der Waals surface area contributed by atoms with Gasteiger partial charge in [0.05, 0.1) is 0 Å². The van der Waals surface area contributed by atoms with Crippen molar-refractivity contribution in [2.45, 2.75) is 51.5 Å². The largest absolute Gasteiger partial charge is 0.367 e. The maximum absolute atomic E-state index is 4.56. The summed E-state index contributed by atoms with van der Waals surface area (Å²) in [5.74, 6) is 1.91. The van der Waals surface area contributed by atoms with Crippen molar-refractivity contribution >= 4 is 27.2 Å². The summed E-state index contributed by atoms with van der Waals surface area (Å²) in [5, 5.41) is 7.15. The van der Waals surface area contributed by atoms with Gasteiger partial charge in [0.15, 0.2) is 0 Å². The molecule has 1 aliphatic carbocycles. The normalized spacial score (nSPS) is 18.6. The summed E-state index contributed by atoms with van der Waals surface area (Å²) in [6.45, 7) is 2.29. The predicted molar refractivity (Wildman–Crippen MR) is 83.9 cm³/mol. The second-order valence-electron chi connectivity index (χ2n) is 5.55. The Kier molecular flexibility index (Phi) is 4.02. The van der Waals surface area contributed by atoms with E-state index in [0.29, 0.717) is 6.04 Å². The number of anilines is 1. The second kappa shape index (κ2) is 5.91. The van der Waals surface area contributed by atoms with E-state index in [2.05, 4.69) is 34.7 Å². The van der Waals surface area contributed by atoms with Crippen LogP contribution in [0.4, 0.5) is 5.82 Å². The van der Waals surface area contributed by atoms with Crippen molar-refractivity contribution in [3.05, 3.63) is 23.7 Å². The molecule has 3 rings (SSSR count). The number of aromatic nitrogens is 1. The Morgan fingerprint density at radius 2 is 2.16 bits per heavy atom. The van der Waals surface area contributed by atoms with Crippen molar-refractivity contribution < 1.29 is 0 Å². The number of fused-ring (bicyclic) bond motifs is 1. The van der Waals surface area contributed by atoms with Gasteiger partial charge >= 0.3 is 0 Å². The van der Waals surface area contributed by atoms with E-state index in [9.17, 15) is 0 Å². The summed E-state index contributed by atoms with van der Waals surface area (Å²) < 4.78 is 1.33. The maximum Gasteiger partial charge on any atom is 0.134 e. The maximum atomic E-state index is 4.56. The van der Waals surface area contributed by atoms with Crippen LogP contribution in [0.1, 0.15) is 45.4 Å². The average Bonchev–Trinajstić information content (AvgIpc) is 2.95. The Morgan fingerprint density at radius 1 is 1.32 bits per heavy atom. The quantitative estimate of drug-likeness (QED) is 0.842. The van der Waals surface area contributed by atoms with Crippen molar-refractivity contribution in [3.8, 4) is 0 Å². The third-order valence-electron chi connectivity index (χ3n) is 4.36. The zero-order valence-corrected chi connectivity index (χ0v) is 12.4. The zero-order valence-electron chi connectivity index (χ0n) is 11.6. The van der Waals surface area contributed by atoms with Crippen LogP contribution in [0.5, 0.6) is 0 Å². The molecule has 3 heteroatoms. The van der Waals surface area contributed by atoms with Gasteiger partial charge < -0.3 is 5.32 Å². The van der Waals surface area contributed by atoms with Crippen molar-refractivity contribution in [3.63, 3.8) is 0 Å². The first-order chi connectivity index (χ1) is 9.38. The van der Waals surface area contributed by atoms with Gasteiger partial charge in [0.1, 0.15) is 5.82 Å². The van der Waals surface area contributed by atoms with E-state index in [1.165, 1.54) is 48.6 Å². The molecule has 1 fully saturated rings. The van der Waals surface area contributed by atoms with Gasteiger partial charge in [-0.05, 0) is 42.7 Å². The highest BCUT2D eigenvalue weighted by atomic mass is 32.1. The van der Waals surface area contributed by atoms with Gasteiger partial charge in [-0.1, -0.05) is 26.2 Å². The van der Waals surface area contributed by atoms with E-state index in [-0.39, 0.29) is 0 Å². The highest BCUT2D eigenvalue weighted by Crippen LogP contribution is 2.31. The Hall–Kier alpha value is -1.09. The van der Waals surface area contributed by atoms with Crippen LogP contribution in [0.25, 0.3) is 10.1 Å². The van der Waals surface area contributed by atoms with E-state index in [1.54, 1.807) is 11.3 Å². The lowest BCUT2D eigenvalue weighted by molar-refractivity contribution is 0.313. The lowest BCUT2D eigenvalue weighted by atomic mass is 9.83. The van der Waals surface area contributed by atoms with E-state index in [0.717, 1.165) is 11.7 Å². The summed E-state index contributed by atoms with van der Waals surface area (Å²) >= 11 is 1.79. The fourth-order valence-electron chi connectivity index (χ4n) is 3.28. The van der Waals surface area contributed by atoms with Gasteiger partial charge in [0.25, 0.3) is 0 Å². The molecule has 1 aliphatic rings. The number of hydrogen-bond acceptors (Lipinski definition) is 3. The summed E-state index contributed by atoms with van der Waals surface area (Å²) in [5.41, 5.74) is 0. The van der Waals surface area contributed by atoms with Crippen LogP contribution < -0.4 is 5.32 Å². The van der Waals surface area contributed by atoms with E-state index in [1.807, 2.05) is 6.20 Å². The van der Waals surface area contributed by atoms with Crippen molar-refractivity contribution in [2.75, 3.05) is 5.32 Å². The summed E-state index contributed by atoms with van der Waals surface area (Å²) in [6.07, 6.45) is 10.1. The lowest BCUT2D eigenvalue weighted by Crippen LogP contribution is -2.30. The van der Waals surface area contributed by atoms with E-state index in [4.69, 9.17) is 0 Å². The molecule has 1 unspecified atom stereocenters. The zero-order chi connectivity index (χ0) is 13.1. The fraction of sp³-hybridized carbons (Fsp3) is 0.562. The summed E-state index contributed by atoms with van der Waals surface area (Å²) in [7, 11) is 0. The number of rotatable bonds is 4. The van der Waals surface area contributed by atoms with Gasteiger partial charge in [0, 0.05) is 22.3 Å². The van der Waals surface area contributed by atoms with Crippen LogP contribution in [0.3, 0.4) is 0 Å². The molecule has 1 saturated carbocycles. The van der Waals surface area contributed by atoms with Crippen LogP contribution in [-0.4, -0.2) is 11.0 Å². The number of nitrogens with one attached hydrogen (secondary N) is 1. The van der Waals surface area contributed by atoms with Crippen molar-refractivity contribution in [1.29, 1.82) is 0 Å². The highest BCUT2D eigenvalue weighted by Gasteiger charge is 2.22. The smallest absolute Gasteiger partial charge is 0.134 e. The van der Waals surface area contributed by atoms with Crippen LogP contribution in [0.15, 0.2) is 23.7 Å². The molecule has 19 heavy (non-hydrogen) atoms. The minimum Gasteiger partial charge on any atom is -0.367 e. The molecule has 0 bridgehead atoms. The average molecular weight is 274 g/mol. The van der Waals surface area contributed by atoms with Crippen molar-refractivity contribution in [2.24, 2.45) is 5.92 Å². The number of thiophene rings is 1. The molecule has 0 amide bonds. The van der Waals surface area contributed by atoms with Gasteiger partial charge in [-0.15, -0.1) is 11.3 Å². The second-order valence-corrected chi connectivity index (χ2v) is 6.50. The topological polar surface area (TPSA) is 24.9 Å². The molecule has 2 heterocycles. The molecule has 1 atom stereocenters. The Labute approximate surface area is 119 Å². The third kappa shape index (κ3) is 2.76. The molecule has 102 valence electrons. The minimum absolute atomic E-state index is 0.582. The summed E-state index contributed by atoms with van der Waals surface area (Å²) in [6, 6.07) is 4.87. The molecule has 0 spiro atoms. The number of nitrogens with zero attached hydrogens (tertiary/aromatic N) is 1. The SMILES string of the molecule is CCC(Nc1nccc2sccc12)C1CCCCC1. The van der Waals surface area contributed by atoms with Gasteiger partial charge in [-0.25, -0.2) is 4.98 Å². The Morgan fingerprint density at radius 3 is 2.95 bits per heavy atom. The van der Waals surface area contributed by atoms with Crippen molar-refractivity contribution in [1.82, 2.24) is 4.98 Å². The molecule has 1 N–H and O–H groups in total. The molecular formula is C16H22N2S. The first kappa shape index (κ1) is 12.9. The predicted octanol–water partition coefficient (Wildman–Crippen LogP) is 5.07. The van der Waals surface area contributed by atoms with Gasteiger partial charge in [-0.3, -0.25) is 0 Å². The molecule has 0 aliphatic heterocycles. The molecule has 2 aromatic heterocycles. The highest BCUT2D eigenvalue weighted by molar-refractivity contribution is 7.17. The van der Waals surface area contributed by atoms with E-state index >= 15 is 0 Å². The lowest BCUT2D eigenvalue weighted by Gasteiger charge is -2.30. The van der Waals surface area contributed by atoms with Crippen LogP contribution >= 0.6 is 11.3 Å². The summed E-state index contributed by atoms with van der Waals surface area (Å²) in [4.78, 5) is 4.56. The molecular weight excluding hydrogens is 252 g/mol. The molecule has 2 nitrogen and oxygen atoms in total. The van der Waals surface area contributed by atoms with E-state index < -0.39 is 0 Å². The number of pyridine rings is 1. The molecule has 2 aromatic rings.